The molecule has 4 heterocycles. The van der Waals surface area contributed by atoms with Gasteiger partial charge in [0.2, 0.25) is 11.8 Å². The van der Waals surface area contributed by atoms with Crippen LogP contribution in [0.4, 0.5) is 10.2 Å². The van der Waals surface area contributed by atoms with Gasteiger partial charge in [-0.15, -0.1) is 0 Å². The second-order valence-electron chi connectivity index (χ2n) is 8.79. The molecule has 9 heteroatoms. The minimum Gasteiger partial charge on any atom is -0.436 e. The molecular weight excluding hydrogens is 427 g/mol. The van der Waals surface area contributed by atoms with Gasteiger partial charge in [0.1, 0.15) is 22.8 Å². The van der Waals surface area contributed by atoms with Crippen LogP contribution >= 0.6 is 0 Å². The maximum Gasteiger partial charge on any atom is 0.229 e. The zero-order valence-electron chi connectivity index (χ0n) is 17.9. The molecule has 1 aliphatic carbocycles. The van der Waals surface area contributed by atoms with E-state index >= 15 is 0 Å². The number of hydrogen-bond acceptors (Lipinski definition) is 7. The van der Waals surface area contributed by atoms with Crippen molar-refractivity contribution in [2.75, 3.05) is 18.5 Å². The van der Waals surface area contributed by atoms with Crippen molar-refractivity contribution in [2.45, 2.75) is 31.8 Å². The van der Waals surface area contributed by atoms with Crippen molar-refractivity contribution in [2.24, 2.45) is 5.92 Å². The van der Waals surface area contributed by atoms with Crippen molar-refractivity contribution < 1.29 is 23.4 Å². The fourth-order valence-corrected chi connectivity index (χ4v) is 4.27. The van der Waals surface area contributed by atoms with E-state index in [1.165, 1.54) is 12.1 Å². The number of nitrogens with zero attached hydrogens (tertiary/aromatic N) is 3. The highest BCUT2D eigenvalue weighted by molar-refractivity contribution is 6.00. The second kappa shape index (κ2) is 7.29. The lowest BCUT2D eigenvalue weighted by Crippen LogP contribution is -2.27. The number of amides is 1. The van der Waals surface area contributed by atoms with Crippen molar-refractivity contribution >= 4 is 33.6 Å². The number of rotatable bonds is 4. The number of carbonyl (C=O) groups is 1. The van der Waals surface area contributed by atoms with Gasteiger partial charge in [-0.25, -0.2) is 14.4 Å². The van der Waals surface area contributed by atoms with Gasteiger partial charge in [-0.2, -0.15) is 0 Å². The van der Waals surface area contributed by atoms with Crippen LogP contribution in [0, 0.1) is 18.7 Å². The number of aryl methyl sites for hydroxylation is 1. The third-order valence-electron chi connectivity index (χ3n) is 6.38. The largest absolute Gasteiger partial charge is 0.436 e. The van der Waals surface area contributed by atoms with Crippen LogP contribution in [0.1, 0.15) is 30.5 Å². The zero-order valence-corrected chi connectivity index (χ0v) is 17.9. The molecule has 0 unspecified atom stereocenters. The predicted octanol–water partition coefficient (Wildman–Crippen LogP) is 3.84. The minimum atomic E-state index is -1.38. The van der Waals surface area contributed by atoms with Gasteiger partial charge in [0.15, 0.2) is 5.58 Å². The summed E-state index contributed by atoms with van der Waals surface area (Å²) in [4.78, 5) is 25.5. The molecule has 1 amide bonds. The Morgan fingerprint density at radius 3 is 2.82 bits per heavy atom. The first-order chi connectivity index (χ1) is 15.9. The van der Waals surface area contributed by atoms with E-state index in [0.29, 0.717) is 29.9 Å². The van der Waals surface area contributed by atoms with Crippen LogP contribution in [0.25, 0.3) is 33.3 Å². The number of nitrogens with one attached hydrogen (secondary N) is 1. The van der Waals surface area contributed by atoms with E-state index in [9.17, 15) is 14.3 Å². The third kappa shape index (κ3) is 3.44. The second-order valence-corrected chi connectivity index (χ2v) is 8.79. The molecule has 1 aromatic carbocycles. The van der Waals surface area contributed by atoms with E-state index in [1.54, 1.807) is 18.5 Å². The number of benzene rings is 1. The number of pyridine rings is 2. The number of carbonyl (C=O) groups excluding carboxylic acids is 1. The number of ether oxygens (including phenoxy) is 1. The van der Waals surface area contributed by atoms with E-state index < -0.39 is 11.4 Å². The predicted molar refractivity (Wildman–Crippen MR) is 118 cm³/mol. The number of anilines is 1. The van der Waals surface area contributed by atoms with Crippen LogP contribution in [0.5, 0.6) is 0 Å². The van der Waals surface area contributed by atoms with Gasteiger partial charge >= 0.3 is 0 Å². The fraction of sp³-hybridized carbons (Fsp3) is 0.333. The van der Waals surface area contributed by atoms with E-state index in [2.05, 4.69) is 20.3 Å². The molecule has 2 aliphatic rings. The van der Waals surface area contributed by atoms with Crippen molar-refractivity contribution in [3.8, 4) is 11.5 Å². The smallest absolute Gasteiger partial charge is 0.229 e. The Hall–Kier alpha value is -3.43. The highest BCUT2D eigenvalue weighted by atomic mass is 19.1. The zero-order chi connectivity index (χ0) is 22.7. The molecule has 3 aromatic heterocycles. The summed E-state index contributed by atoms with van der Waals surface area (Å²) in [5.41, 5.74) is 0.824. The molecule has 1 atom stereocenters. The molecule has 0 spiro atoms. The van der Waals surface area contributed by atoms with E-state index in [-0.39, 0.29) is 35.5 Å². The summed E-state index contributed by atoms with van der Waals surface area (Å²) in [6.45, 7) is 2.27. The number of aliphatic hydroxyl groups is 1. The molecule has 1 saturated carbocycles. The Kier molecular flexibility index (Phi) is 4.46. The van der Waals surface area contributed by atoms with E-state index in [1.807, 2.05) is 6.92 Å². The molecule has 2 N–H and O–H groups in total. The molecule has 1 saturated heterocycles. The summed E-state index contributed by atoms with van der Waals surface area (Å²) < 4.78 is 26.0. The SMILES string of the molecule is Cc1ncc(-c2nc3cc([C@]4(O)CCOC4)c(F)cc3o2)c2cc(NC(=O)C3CC3)ncc12. The number of hydrogen-bond donors (Lipinski definition) is 2. The molecule has 33 heavy (non-hydrogen) atoms. The average molecular weight is 448 g/mol. The lowest BCUT2D eigenvalue weighted by Gasteiger charge is -2.21. The Morgan fingerprint density at radius 2 is 2.06 bits per heavy atom. The molecule has 0 bridgehead atoms. The molecule has 168 valence electrons. The highest BCUT2D eigenvalue weighted by Crippen LogP contribution is 2.37. The minimum absolute atomic E-state index is 0.0344. The van der Waals surface area contributed by atoms with Gasteiger partial charge < -0.3 is 19.6 Å². The van der Waals surface area contributed by atoms with Crippen LogP contribution in [-0.2, 0) is 15.1 Å². The van der Waals surface area contributed by atoms with Crippen molar-refractivity contribution in [1.82, 2.24) is 15.0 Å². The Labute approximate surface area is 187 Å². The Morgan fingerprint density at radius 1 is 1.21 bits per heavy atom. The van der Waals surface area contributed by atoms with Gasteiger partial charge in [-0.3, -0.25) is 9.78 Å². The topological polar surface area (TPSA) is 110 Å². The molecule has 4 aromatic rings. The van der Waals surface area contributed by atoms with Gasteiger partial charge in [0, 0.05) is 59.4 Å². The van der Waals surface area contributed by atoms with Gasteiger partial charge in [0.05, 0.1) is 12.2 Å². The van der Waals surface area contributed by atoms with E-state index in [4.69, 9.17) is 9.15 Å². The fourth-order valence-electron chi connectivity index (χ4n) is 4.27. The van der Waals surface area contributed by atoms with Gasteiger partial charge in [-0.05, 0) is 31.9 Å². The lowest BCUT2D eigenvalue weighted by molar-refractivity contribution is -0.117. The molecule has 0 radical (unpaired) electrons. The first-order valence-corrected chi connectivity index (χ1v) is 10.9. The normalized spacial score (nSPS) is 20.6. The molecule has 8 nitrogen and oxygen atoms in total. The molecule has 1 aliphatic heterocycles. The average Bonchev–Trinajstić information content (AvgIpc) is 3.43. The highest BCUT2D eigenvalue weighted by Gasteiger charge is 2.37. The van der Waals surface area contributed by atoms with Crippen LogP contribution in [-0.4, -0.2) is 39.2 Å². The summed E-state index contributed by atoms with van der Waals surface area (Å²) >= 11 is 0. The van der Waals surface area contributed by atoms with Crippen LogP contribution in [0.15, 0.2) is 35.0 Å². The number of oxazole rings is 1. The number of halogens is 1. The summed E-state index contributed by atoms with van der Waals surface area (Å²) in [6, 6.07) is 4.53. The molecule has 6 rings (SSSR count). The monoisotopic (exact) mass is 448 g/mol. The van der Waals surface area contributed by atoms with Crippen molar-refractivity contribution in [3.05, 3.63) is 47.7 Å². The number of fused-ring (bicyclic) bond motifs is 2. The third-order valence-corrected chi connectivity index (χ3v) is 6.38. The summed E-state index contributed by atoms with van der Waals surface area (Å²) in [5.74, 6) is 0.160. The van der Waals surface area contributed by atoms with E-state index in [0.717, 1.165) is 29.3 Å². The molecule has 2 fully saturated rings. The summed E-state index contributed by atoms with van der Waals surface area (Å²) in [5, 5.41) is 15.2. The first-order valence-electron chi connectivity index (χ1n) is 10.9. The summed E-state index contributed by atoms with van der Waals surface area (Å²) in [6.07, 6.45) is 5.42. The van der Waals surface area contributed by atoms with Crippen LogP contribution < -0.4 is 5.32 Å². The van der Waals surface area contributed by atoms with Gasteiger partial charge in [-0.1, -0.05) is 0 Å². The standard InChI is InChI=1S/C24H21FN4O4/c1-12-15-9-27-21(29-22(30)13-2-3-13)6-14(15)16(10-26-12)23-28-19-7-17(18(25)8-20(19)33-23)24(31)4-5-32-11-24/h6-10,13,31H,2-5,11H2,1H3,(H,27,29,30)/t24-/m0/s1. The first kappa shape index (κ1) is 20.2. The molecular formula is C24H21FN4O4. The van der Waals surface area contributed by atoms with Gasteiger partial charge in [0.25, 0.3) is 0 Å². The summed E-state index contributed by atoms with van der Waals surface area (Å²) in [7, 11) is 0. The Balaban J connectivity index is 1.45. The van der Waals surface area contributed by atoms with Crippen molar-refractivity contribution in [1.29, 1.82) is 0 Å². The number of aromatic nitrogens is 3. The van der Waals surface area contributed by atoms with Crippen LogP contribution in [0.2, 0.25) is 0 Å². The quantitative estimate of drug-likeness (QED) is 0.488. The van der Waals surface area contributed by atoms with Crippen molar-refractivity contribution in [3.63, 3.8) is 0 Å². The maximum atomic E-state index is 14.8. The lowest BCUT2D eigenvalue weighted by atomic mass is 9.92. The van der Waals surface area contributed by atoms with Crippen LogP contribution in [0.3, 0.4) is 0 Å². The Bertz CT molecular complexity index is 1420. The maximum absolute atomic E-state index is 14.8.